The number of anilines is 1. The third kappa shape index (κ3) is 2.85. The first-order valence-electron chi connectivity index (χ1n) is 6.88. The van der Waals surface area contributed by atoms with E-state index in [9.17, 15) is 4.79 Å². The molecule has 0 amide bonds. The van der Waals surface area contributed by atoms with Crippen LogP contribution in [-0.2, 0) is 6.42 Å². The predicted octanol–water partition coefficient (Wildman–Crippen LogP) is 3.92. The molecule has 21 heavy (non-hydrogen) atoms. The van der Waals surface area contributed by atoms with Gasteiger partial charge in [-0.3, -0.25) is 4.98 Å². The number of nitrogens with one attached hydrogen (secondary N) is 1. The van der Waals surface area contributed by atoms with Crippen LogP contribution in [0.4, 0.5) is 5.69 Å². The number of carbonyl (C=O) groups is 1. The van der Waals surface area contributed by atoms with Crippen molar-refractivity contribution in [3.63, 3.8) is 0 Å². The van der Waals surface area contributed by atoms with Crippen molar-refractivity contribution < 1.29 is 9.90 Å². The summed E-state index contributed by atoms with van der Waals surface area (Å²) < 4.78 is 0. The Balaban J connectivity index is 1.88. The molecule has 1 atom stereocenters. The zero-order chi connectivity index (χ0) is 14.8. The molecule has 0 saturated carbocycles. The van der Waals surface area contributed by atoms with Gasteiger partial charge in [0.25, 0.3) is 0 Å². The van der Waals surface area contributed by atoms with Gasteiger partial charge in [-0.2, -0.15) is 0 Å². The Morgan fingerprint density at radius 1 is 1.38 bits per heavy atom. The van der Waals surface area contributed by atoms with Gasteiger partial charge in [-0.1, -0.05) is 17.7 Å². The Labute approximate surface area is 127 Å². The lowest BCUT2D eigenvalue weighted by atomic mass is 9.91. The van der Waals surface area contributed by atoms with E-state index in [1.54, 1.807) is 24.4 Å². The molecule has 5 heteroatoms. The lowest BCUT2D eigenvalue weighted by molar-refractivity contribution is 0.0697. The second kappa shape index (κ2) is 5.74. The molecule has 1 heterocycles. The number of hydrogen-bond donors (Lipinski definition) is 2. The van der Waals surface area contributed by atoms with Crippen molar-refractivity contribution in [1.29, 1.82) is 0 Å². The highest BCUT2D eigenvalue weighted by molar-refractivity contribution is 6.33. The summed E-state index contributed by atoms with van der Waals surface area (Å²) in [6.07, 6.45) is 4.91. The van der Waals surface area contributed by atoms with E-state index in [2.05, 4.69) is 16.4 Å². The maximum atomic E-state index is 11.1. The highest BCUT2D eigenvalue weighted by Gasteiger charge is 2.21. The summed E-state index contributed by atoms with van der Waals surface area (Å²) in [4.78, 5) is 15.6. The van der Waals surface area contributed by atoms with Crippen molar-refractivity contribution in [1.82, 2.24) is 4.98 Å². The number of fused-ring (bicyclic) bond motifs is 1. The second-order valence-electron chi connectivity index (χ2n) is 5.14. The molecule has 0 spiro atoms. The Morgan fingerprint density at radius 3 is 3.05 bits per heavy atom. The Kier molecular flexibility index (Phi) is 3.80. The van der Waals surface area contributed by atoms with E-state index >= 15 is 0 Å². The SMILES string of the molecule is O=C(O)c1cc(NC2CCCc3cccnc32)ccc1Cl. The first-order chi connectivity index (χ1) is 10.1. The minimum absolute atomic E-state index is 0.109. The largest absolute Gasteiger partial charge is 0.478 e. The van der Waals surface area contributed by atoms with E-state index in [0.717, 1.165) is 30.6 Å². The standard InChI is InChI=1S/C16H15ClN2O2/c17-13-7-6-11(9-12(13)16(20)21)19-14-5-1-3-10-4-2-8-18-15(10)14/h2,4,6-9,14,19H,1,3,5H2,(H,20,21). The Bertz CT molecular complexity index is 688. The molecule has 108 valence electrons. The smallest absolute Gasteiger partial charge is 0.337 e. The summed E-state index contributed by atoms with van der Waals surface area (Å²) in [6, 6.07) is 9.13. The number of aryl methyl sites for hydroxylation is 1. The third-order valence-corrected chi connectivity index (χ3v) is 4.06. The average molecular weight is 303 g/mol. The van der Waals surface area contributed by atoms with E-state index in [0.29, 0.717) is 0 Å². The molecule has 0 radical (unpaired) electrons. The zero-order valence-electron chi connectivity index (χ0n) is 11.3. The molecule has 1 unspecified atom stereocenters. The number of aromatic carboxylic acids is 1. The van der Waals surface area contributed by atoms with Gasteiger partial charge < -0.3 is 10.4 Å². The van der Waals surface area contributed by atoms with Gasteiger partial charge in [0.05, 0.1) is 22.3 Å². The van der Waals surface area contributed by atoms with Crippen LogP contribution in [0.3, 0.4) is 0 Å². The lowest BCUT2D eigenvalue weighted by Crippen LogP contribution is -2.19. The van der Waals surface area contributed by atoms with Crippen molar-refractivity contribution in [2.45, 2.75) is 25.3 Å². The summed E-state index contributed by atoms with van der Waals surface area (Å²) in [5.74, 6) is -1.02. The number of carboxylic acids is 1. The van der Waals surface area contributed by atoms with E-state index in [1.165, 1.54) is 5.56 Å². The van der Waals surface area contributed by atoms with Crippen molar-refractivity contribution >= 4 is 23.3 Å². The Morgan fingerprint density at radius 2 is 2.24 bits per heavy atom. The second-order valence-corrected chi connectivity index (χ2v) is 5.54. The maximum absolute atomic E-state index is 11.1. The highest BCUT2D eigenvalue weighted by atomic mass is 35.5. The fraction of sp³-hybridized carbons (Fsp3) is 0.250. The van der Waals surface area contributed by atoms with Gasteiger partial charge in [0, 0.05) is 11.9 Å². The van der Waals surface area contributed by atoms with Gasteiger partial charge in [0.2, 0.25) is 0 Å². The average Bonchev–Trinajstić information content (AvgIpc) is 2.49. The monoisotopic (exact) mass is 302 g/mol. The summed E-state index contributed by atoms with van der Waals surface area (Å²) >= 11 is 5.89. The quantitative estimate of drug-likeness (QED) is 0.902. The van der Waals surface area contributed by atoms with Crippen molar-refractivity contribution in [2.75, 3.05) is 5.32 Å². The van der Waals surface area contributed by atoms with E-state index in [4.69, 9.17) is 16.7 Å². The first-order valence-corrected chi connectivity index (χ1v) is 7.26. The van der Waals surface area contributed by atoms with Gasteiger partial charge in [-0.05, 0) is 49.1 Å². The van der Waals surface area contributed by atoms with Gasteiger partial charge >= 0.3 is 5.97 Å². The van der Waals surface area contributed by atoms with Crippen LogP contribution in [0.2, 0.25) is 5.02 Å². The summed E-state index contributed by atoms with van der Waals surface area (Å²) in [5.41, 5.74) is 3.17. The molecule has 3 rings (SSSR count). The number of pyridine rings is 1. The molecule has 4 nitrogen and oxygen atoms in total. The van der Waals surface area contributed by atoms with Gasteiger partial charge in [-0.25, -0.2) is 4.79 Å². The van der Waals surface area contributed by atoms with Crippen LogP contribution < -0.4 is 5.32 Å². The number of hydrogen-bond acceptors (Lipinski definition) is 3. The molecule has 2 N–H and O–H groups in total. The van der Waals surface area contributed by atoms with E-state index in [-0.39, 0.29) is 16.6 Å². The molecule has 1 aromatic heterocycles. The molecule has 2 aromatic rings. The molecule has 1 aromatic carbocycles. The fourth-order valence-corrected chi connectivity index (χ4v) is 2.93. The number of nitrogens with zero attached hydrogens (tertiary/aromatic N) is 1. The maximum Gasteiger partial charge on any atom is 0.337 e. The number of aromatic nitrogens is 1. The third-order valence-electron chi connectivity index (χ3n) is 3.73. The van der Waals surface area contributed by atoms with Crippen molar-refractivity contribution in [3.8, 4) is 0 Å². The van der Waals surface area contributed by atoms with E-state index in [1.807, 2.05) is 6.07 Å². The zero-order valence-corrected chi connectivity index (χ0v) is 12.1. The van der Waals surface area contributed by atoms with Gasteiger partial charge in [-0.15, -0.1) is 0 Å². The summed E-state index contributed by atoms with van der Waals surface area (Å²) in [6.45, 7) is 0. The molecule has 1 aliphatic carbocycles. The molecule has 0 aliphatic heterocycles. The molecular weight excluding hydrogens is 288 g/mol. The van der Waals surface area contributed by atoms with Crippen LogP contribution in [0, 0.1) is 0 Å². The molecular formula is C16H15ClN2O2. The van der Waals surface area contributed by atoms with Gasteiger partial charge in [0.1, 0.15) is 0 Å². The van der Waals surface area contributed by atoms with Crippen LogP contribution in [0.1, 0.15) is 40.5 Å². The fourth-order valence-electron chi connectivity index (χ4n) is 2.73. The molecule has 0 bridgehead atoms. The number of rotatable bonds is 3. The van der Waals surface area contributed by atoms with Crippen LogP contribution in [0.15, 0.2) is 36.5 Å². The summed E-state index contributed by atoms with van der Waals surface area (Å²) in [5, 5.41) is 12.7. The minimum atomic E-state index is -1.02. The molecule has 1 aliphatic rings. The number of carboxylic acid groups (broad SMARTS) is 1. The minimum Gasteiger partial charge on any atom is -0.478 e. The highest BCUT2D eigenvalue weighted by Crippen LogP contribution is 2.31. The van der Waals surface area contributed by atoms with Crippen molar-refractivity contribution in [2.24, 2.45) is 0 Å². The van der Waals surface area contributed by atoms with Crippen LogP contribution >= 0.6 is 11.6 Å². The Hall–Kier alpha value is -2.07. The molecule has 0 saturated heterocycles. The first kappa shape index (κ1) is 13.9. The number of halogens is 1. The van der Waals surface area contributed by atoms with E-state index < -0.39 is 5.97 Å². The van der Waals surface area contributed by atoms with Crippen LogP contribution in [0.5, 0.6) is 0 Å². The lowest BCUT2D eigenvalue weighted by Gasteiger charge is -2.26. The topological polar surface area (TPSA) is 62.2 Å². The number of benzene rings is 1. The summed E-state index contributed by atoms with van der Waals surface area (Å²) in [7, 11) is 0. The molecule has 0 fully saturated rings. The van der Waals surface area contributed by atoms with Crippen molar-refractivity contribution in [3.05, 3.63) is 58.4 Å². The normalized spacial score (nSPS) is 17.1. The van der Waals surface area contributed by atoms with Gasteiger partial charge in [0.15, 0.2) is 0 Å². The predicted molar refractivity (Wildman–Crippen MR) is 82.0 cm³/mol. The van der Waals surface area contributed by atoms with Crippen LogP contribution in [-0.4, -0.2) is 16.1 Å². The van der Waals surface area contributed by atoms with Crippen LogP contribution in [0.25, 0.3) is 0 Å².